The lowest BCUT2D eigenvalue weighted by Gasteiger charge is -2.34. The van der Waals surface area contributed by atoms with Crippen molar-refractivity contribution in [2.24, 2.45) is 5.92 Å². The van der Waals surface area contributed by atoms with E-state index in [1.165, 1.54) is 0 Å². The van der Waals surface area contributed by atoms with Gasteiger partial charge in [-0.25, -0.2) is 9.97 Å². The van der Waals surface area contributed by atoms with E-state index in [0.29, 0.717) is 18.0 Å². The fourth-order valence-corrected chi connectivity index (χ4v) is 4.17. The molecule has 1 unspecified atom stereocenters. The zero-order chi connectivity index (χ0) is 20.2. The number of anilines is 1. The number of carbonyl (C=O) groups excluding carboxylic acids is 1. The van der Waals surface area contributed by atoms with Gasteiger partial charge < -0.3 is 24.4 Å². The highest BCUT2D eigenvalue weighted by Crippen LogP contribution is 2.35. The molecule has 1 aromatic heterocycles. The maximum atomic E-state index is 12.8. The minimum Gasteiger partial charge on any atom is -0.493 e. The number of carbonyl (C=O) groups is 1. The number of piperidine rings is 1. The number of aromatic nitrogens is 2. The Labute approximate surface area is 170 Å². The van der Waals surface area contributed by atoms with E-state index in [2.05, 4.69) is 20.2 Å². The van der Waals surface area contributed by atoms with Crippen molar-refractivity contribution >= 4 is 22.6 Å². The van der Waals surface area contributed by atoms with E-state index in [1.54, 1.807) is 20.5 Å². The highest BCUT2D eigenvalue weighted by molar-refractivity contribution is 5.92. The average Bonchev–Trinajstić information content (AvgIpc) is 2.78. The number of benzene rings is 1. The molecule has 0 aliphatic carbocycles. The molecule has 2 saturated heterocycles. The summed E-state index contributed by atoms with van der Waals surface area (Å²) < 4.78 is 16.2. The topological polar surface area (TPSA) is 85.8 Å². The number of hydrogen-bond donors (Lipinski definition) is 1. The maximum Gasteiger partial charge on any atom is 0.225 e. The van der Waals surface area contributed by atoms with Crippen LogP contribution in [0.5, 0.6) is 11.5 Å². The normalized spacial score (nSPS) is 20.5. The third-order valence-electron chi connectivity index (χ3n) is 5.78. The molecule has 1 N–H and O–H groups in total. The lowest BCUT2D eigenvalue weighted by Crippen LogP contribution is -2.47. The molecule has 4 rings (SSSR count). The summed E-state index contributed by atoms with van der Waals surface area (Å²) in [5.74, 6) is 2.20. The van der Waals surface area contributed by atoms with E-state index in [0.717, 1.165) is 62.2 Å². The van der Waals surface area contributed by atoms with E-state index in [-0.39, 0.29) is 17.9 Å². The quantitative estimate of drug-likeness (QED) is 0.823. The second-order valence-electron chi connectivity index (χ2n) is 7.60. The summed E-state index contributed by atoms with van der Waals surface area (Å²) in [6.45, 7) is 2.96. The average molecular weight is 400 g/mol. The van der Waals surface area contributed by atoms with Gasteiger partial charge >= 0.3 is 0 Å². The minimum absolute atomic E-state index is 0.0447. The summed E-state index contributed by atoms with van der Waals surface area (Å²) >= 11 is 0. The molecule has 2 aromatic rings. The predicted octanol–water partition coefficient (Wildman–Crippen LogP) is 2.16. The first kappa shape index (κ1) is 19.7. The van der Waals surface area contributed by atoms with Gasteiger partial charge in [-0.15, -0.1) is 0 Å². The van der Waals surface area contributed by atoms with Crippen LogP contribution in [0.25, 0.3) is 10.9 Å². The molecule has 1 atom stereocenters. The van der Waals surface area contributed by atoms with Crippen LogP contribution >= 0.6 is 0 Å². The van der Waals surface area contributed by atoms with Gasteiger partial charge in [-0.2, -0.15) is 0 Å². The third-order valence-corrected chi connectivity index (χ3v) is 5.78. The fourth-order valence-electron chi connectivity index (χ4n) is 4.17. The van der Waals surface area contributed by atoms with Crippen LogP contribution in [0, 0.1) is 5.92 Å². The van der Waals surface area contributed by atoms with Gasteiger partial charge in [0.15, 0.2) is 11.5 Å². The van der Waals surface area contributed by atoms with Crippen LogP contribution in [0.4, 0.5) is 5.82 Å². The Bertz CT molecular complexity index is 869. The molecule has 8 nitrogen and oxygen atoms in total. The van der Waals surface area contributed by atoms with Gasteiger partial charge in [-0.05, 0) is 31.7 Å². The molecule has 2 aliphatic rings. The van der Waals surface area contributed by atoms with Gasteiger partial charge in [0.2, 0.25) is 5.91 Å². The van der Waals surface area contributed by atoms with E-state index in [9.17, 15) is 4.79 Å². The molecule has 156 valence electrons. The molecular weight excluding hydrogens is 372 g/mol. The van der Waals surface area contributed by atoms with Crippen LogP contribution in [0.3, 0.4) is 0 Å². The van der Waals surface area contributed by atoms with Crippen molar-refractivity contribution in [3.05, 3.63) is 18.5 Å². The maximum absolute atomic E-state index is 12.8. The number of fused-ring (bicyclic) bond motifs is 1. The molecule has 8 heteroatoms. The Hall–Kier alpha value is -2.61. The van der Waals surface area contributed by atoms with E-state index < -0.39 is 0 Å². The largest absolute Gasteiger partial charge is 0.493 e. The molecule has 1 aromatic carbocycles. The lowest BCUT2D eigenvalue weighted by atomic mass is 9.96. The van der Waals surface area contributed by atoms with Crippen molar-refractivity contribution in [1.29, 1.82) is 0 Å². The lowest BCUT2D eigenvalue weighted by molar-refractivity contribution is -0.126. The minimum atomic E-state index is -0.0447. The fraction of sp³-hybridized carbons (Fsp3) is 0.571. The zero-order valence-electron chi connectivity index (χ0n) is 17.0. The Morgan fingerprint density at radius 3 is 2.66 bits per heavy atom. The summed E-state index contributed by atoms with van der Waals surface area (Å²) in [4.78, 5) is 24.0. The van der Waals surface area contributed by atoms with Crippen molar-refractivity contribution in [3.8, 4) is 11.5 Å². The van der Waals surface area contributed by atoms with Crippen LogP contribution in [-0.4, -0.2) is 62.4 Å². The van der Waals surface area contributed by atoms with Crippen molar-refractivity contribution in [2.75, 3.05) is 45.4 Å². The molecule has 0 radical (unpaired) electrons. The molecule has 29 heavy (non-hydrogen) atoms. The van der Waals surface area contributed by atoms with Gasteiger partial charge in [0.1, 0.15) is 12.1 Å². The molecule has 2 fully saturated rings. The van der Waals surface area contributed by atoms with Gasteiger partial charge in [0.25, 0.3) is 0 Å². The Morgan fingerprint density at radius 1 is 1.14 bits per heavy atom. The monoisotopic (exact) mass is 400 g/mol. The third kappa shape index (κ3) is 4.22. The summed E-state index contributed by atoms with van der Waals surface area (Å²) in [5, 5.41) is 4.11. The first-order valence-electron chi connectivity index (χ1n) is 10.2. The summed E-state index contributed by atoms with van der Waals surface area (Å²) in [7, 11) is 3.22. The first-order valence-corrected chi connectivity index (χ1v) is 10.2. The number of rotatable bonds is 5. The molecule has 3 heterocycles. The predicted molar refractivity (Wildman–Crippen MR) is 110 cm³/mol. The number of ether oxygens (including phenoxy) is 3. The molecule has 2 aliphatic heterocycles. The number of amides is 1. The molecule has 0 bridgehead atoms. The van der Waals surface area contributed by atoms with Crippen LogP contribution < -0.4 is 19.7 Å². The van der Waals surface area contributed by atoms with E-state index >= 15 is 0 Å². The Morgan fingerprint density at radius 2 is 1.90 bits per heavy atom. The van der Waals surface area contributed by atoms with Crippen molar-refractivity contribution in [2.45, 2.75) is 31.7 Å². The van der Waals surface area contributed by atoms with Crippen molar-refractivity contribution in [1.82, 2.24) is 15.3 Å². The van der Waals surface area contributed by atoms with Crippen molar-refractivity contribution in [3.63, 3.8) is 0 Å². The van der Waals surface area contributed by atoms with Gasteiger partial charge in [-0.1, -0.05) is 0 Å². The van der Waals surface area contributed by atoms with Crippen molar-refractivity contribution < 1.29 is 19.0 Å². The second-order valence-corrected chi connectivity index (χ2v) is 7.60. The summed E-state index contributed by atoms with van der Waals surface area (Å²) in [6, 6.07) is 4.00. The van der Waals surface area contributed by atoms with Crippen LogP contribution in [0.1, 0.15) is 25.7 Å². The number of hydrogen-bond acceptors (Lipinski definition) is 7. The molecule has 0 spiro atoms. The second kappa shape index (κ2) is 8.82. The van der Waals surface area contributed by atoms with Gasteiger partial charge in [-0.3, -0.25) is 4.79 Å². The number of nitrogens with zero attached hydrogens (tertiary/aromatic N) is 3. The summed E-state index contributed by atoms with van der Waals surface area (Å²) in [5.41, 5.74) is 0.793. The Kier molecular flexibility index (Phi) is 5.99. The highest BCUT2D eigenvalue weighted by atomic mass is 16.5. The van der Waals surface area contributed by atoms with Crippen LogP contribution in [0.2, 0.25) is 0 Å². The molecular formula is C21H28N4O4. The number of methoxy groups -OCH3 is 2. The SMILES string of the molecule is COc1cc2ncnc(N3CCCC(C(=O)NC4CCOCC4)C3)c2cc1OC. The first-order chi connectivity index (χ1) is 14.2. The number of nitrogens with one attached hydrogen (secondary N) is 1. The smallest absolute Gasteiger partial charge is 0.225 e. The van der Waals surface area contributed by atoms with Crippen LogP contribution in [0.15, 0.2) is 18.5 Å². The standard InChI is InChI=1S/C21H28N4O4/c1-27-18-10-16-17(11-19(18)28-2)22-13-23-20(16)25-7-3-4-14(12-25)21(26)24-15-5-8-29-9-6-15/h10-11,13-15H,3-9,12H2,1-2H3,(H,24,26). The van der Waals surface area contributed by atoms with E-state index in [1.807, 2.05) is 12.1 Å². The summed E-state index contributed by atoms with van der Waals surface area (Å²) in [6.07, 6.45) is 5.19. The molecule has 0 saturated carbocycles. The molecule has 1 amide bonds. The van der Waals surface area contributed by atoms with Gasteiger partial charge in [0, 0.05) is 43.8 Å². The van der Waals surface area contributed by atoms with E-state index in [4.69, 9.17) is 14.2 Å². The Balaban J connectivity index is 1.54. The highest BCUT2D eigenvalue weighted by Gasteiger charge is 2.29. The zero-order valence-corrected chi connectivity index (χ0v) is 17.0. The van der Waals surface area contributed by atoms with Crippen LogP contribution in [-0.2, 0) is 9.53 Å². The van der Waals surface area contributed by atoms with Gasteiger partial charge in [0.05, 0.1) is 25.7 Å².